The average molecular weight is 396 g/mol. The lowest BCUT2D eigenvalue weighted by Gasteiger charge is -2.18. The molecule has 0 bridgehead atoms. The summed E-state index contributed by atoms with van der Waals surface area (Å²) in [5.41, 5.74) is 1.99. The predicted octanol–water partition coefficient (Wildman–Crippen LogP) is 3.54. The number of carbonyl (C=O) groups excluding carboxylic acids is 1. The van der Waals surface area contributed by atoms with Crippen molar-refractivity contribution in [3.8, 4) is 0 Å². The summed E-state index contributed by atoms with van der Waals surface area (Å²) < 4.78 is 2.03. The molecule has 8 heteroatoms. The molecule has 2 aromatic carbocycles. The Hall–Kier alpha value is -2.71. The van der Waals surface area contributed by atoms with Crippen molar-refractivity contribution in [2.24, 2.45) is 0 Å². The molecule has 1 atom stereocenters. The van der Waals surface area contributed by atoms with Gasteiger partial charge in [0.15, 0.2) is 4.34 Å². The van der Waals surface area contributed by atoms with Gasteiger partial charge < -0.3 is 5.32 Å². The number of nitrogens with one attached hydrogen (secondary N) is 1. The monoisotopic (exact) mass is 395 g/mol. The predicted molar refractivity (Wildman–Crippen MR) is 108 cm³/mol. The highest BCUT2D eigenvalue weighted by Crippen LogP contribution is 2.29. The fourth-order valence-corrected chi connectivity index (χ4v) is 4.58. The zero-order chi connectivity index (χ0) is 18.5. The Kier molecular flexibility index (Phi) is 5.45. The van der Waals surface area contributed by atoms with Crippen molar-refractivity contribution in [1.29, 1.82) is 0 Å². The molecular weight excluding hydrogens is 378 g/mol. The topological polar surface area (TPSA) is 72.7 Å². The zero-order valence-corrected chi connectivity index (χ0v) is 16.0. The quantitative estimate of drug-likeness (QED) is 0.485. The van der Waals surface area contributed by atoms with E-state index in [4.69, 9.17) is 0 Å². The summed E-state index contributed by atoms with van der Waals surface area (Å²) in [6.45, 7) is 0.481. The van der Waals surface area contributed by atoms with E-state index in [-0.39, 0.29) is 11.9 Å². The van der Waals surface area contributed by atoms with Crippen LogP contribution < -0.4 is 5.32 Å². The number of hydrogen-bond acceptors (Lipinski definition) is 6. The number of thioether (sulfide) groups is 1. The summed E-state index contributed by atoms with van der Waals surface area (Å²) in [7, 11) is 0. The first kappa shape index (κ1) is 17.7. The van der Waals surface area contributed by atoms with Crippen LogP contribution in [0.4, 0.5) is 0 Å². The van der Waals surface area contributed by atoms with Gasteiger partial charge in [0.25, 0.3) is 0 Å². The third-order valence-electron chi connectivity index (χ3n) is 3.95. The van der Waals surface area contributed by atoms with E-state index in [0.717, 1.165) is 20.1 Å². The molecule has 4 aromatic rings. The van der Waals surface area contributed by atoms with Gasteiger partial charge in [-0.25, -0.2) is 4.98 Å². The third kappa shape index (κ3) is 4.53. The maximum Gasteiger partial charge on any atom is 0.230 e. The zero-order valence-electron chi connectivity index (χ0n) is 14.4. The SMILES string of the molecule is O=C(CSc1nc2ccccc2s1)N[C@H](Cn1nccn1)c1ccccc1. The van der Waals surface area contributed by atoms with Gasteiger partial charge in [-0.2, -0.15) is 15.0 Å². The van der Waals surface area contributed by atoms with Gasteiger partial charge in [-0.3, -0.25) is 4.79 Å². The Labute approximate surface area is 164 Å². The molecule has 6 nitrogen and oxygen atoms in total. The lowest BCUT2D eigenvalue weighted by Crippen LogP contribution is -2.33. The molecule has 0 aliphatic heterocycles. The molecule has 136 valence electrons. The first-order valence-electron chi connectivity index (χ1n) is 8.45. The number of nitrogens with zero attached hydrogens (tertiary/aromatic N) is 4. The molecule has 27 heavy (non-hydrogen) atoms. The first-order valence-corrected chi connectivity index (χ1v) is 10.2. The van der Waals surface area contributed by atoms with Crippen LogP contribution in [0.3, 0.4) is 0 Å². The van der Waals surface area contributed by atoms with Crippen LogP contribution in [0.25, 0.3) is 10.2 Å². The van der Waals surface area contributed by atoms with Crippen LogP contribution >= 0.6 is 23.1 Å². The molecule has 2 heterocycles. The van der Waals surface area contributed by atoms with Crippen molar-refractivity contribution in [2.75, 3.05) is 5.75 Å². The average Bonchev–Trinajstić information content (AvgIpc) is 3.36. The highest BCUT2D eigenvalue weighted by Gasteiger charge is 2.17. The molecule has 1 amide bonds. The van der Waals surface area contributed by atoms with Crippen molar-refractivity contribution in [3.05, 3.63) is 72.6 Å². The Morgan fingerprint density at radius 1 is 1.07 bits per heavy atom. The van der Waals surface area contributed by atoms with E-state index >= 15 is 0 Å². The van der Waals surface area contributed by atoms with Gasteiger partial charge in [0.2, 0.25) is 5.91 Å². The first-order chi connectivity index (χ1) is 13.3. The van der Waals surface area contributed by atoms with E-state index in [1.165, 1.54) is 11.8 Å². The summed E-state index contributed by atoms with van der Waals surface area (Å²) in [5.74, 6) is 0.274. The molecule has 0 fully saturated rings. The molecule has 4 rings (SSSR count). The van der Waals surface area contributed by atoms with E-state index in [1.54, 1.807) is 28.5 Å². The highest BCUT2D eigenvalue weighted by molar-refractivity contribution is 8.01. The van der Waals surface area contributed by atoms with Crippen LogP contribution in [0.5, 0.6) is 0 Å². The van der Waals surface area contributed by atoms with Crippen LogP contribution in [0, 0.1) is 0 Å². The molecule has 0 spiro atoms. The minimum atomic E-state index is -0.193. The molecule has 2 aromatic heterocycles. The summed E-state index contributed by atoms with van der Waals surface area (Å²) in [6.07, 6.45) is 3.26. The Balaban J connectivity index is 1.41. The van der Waals surface area contributed by atoms with Crippen LogP contribution in [-0.2, 0) is 11.3 Å². The molecular formula is C19H17N5OS2. The number of aromatic nitrogens is 4. The maximum absolute atomic E-state index is 12.5. The van der Waals surface area contributed by atoms with Crippen LogP contribution in [0.1, 0.15) is 11.6 Å². The molecule has 0 aliphatic carbocycles. The van der Waals surface area contributed by atoms with Gasteiger partial charge >= 0.3 is 0 Å². The van der Waals surface area contributed by atoms with Crippen LogP contribution in [0.2, 0.25) is 0 Å². The van der Waals surface area contributed by atoms with Crippen molar-refractivity contribution >= 4 is 39.2 Å². The van der Waals surface area contributed by atoms with Gasteiger partial charge in [0, 0.05) is 0 Å². The molecule has 0 radical (unpaired) electrons. The van der Waals surface area contributed by atoms with Crippen molar-refractivity contribution in [3.63, 3.8) is 0 Å². The summed E-state index contributed by atoms with van der Waals surface area (Å²) in [5, 5.41) is 11.4. The largest absolute Gasteiger partial charge is 0.347 e. The van der Waals surface area contributed by atoms with E-state index in [2.05, 4.69) is 20.5 Å². The standard InChI is InChI=1S/C19H17N5OS2/c25-18(13-26-19-23-15-8-4-5-9-17(15)27-19)22-16(12-24-20-10-11-21-24)14-6-2-1-3-7-14/h1-11,16H,12-13H2,(H,22,25)/t16-/m1/s1. The van der Waals surface area contributed by atoms with Gasteiger partial charge in [-0.05, 0) is 17.7 Å². The minimum absolute atomic E-state index is 0.0414. The van der Waals surface area contributed by atoms with Crippen molar-refractivity contribution in [1.82, 2.24) is 25.3 Å². The second-order valence-electron chi connectivity index (χ2n) is 5.85. The van der Waals surface area contributed by atoms with Crippen LogP contribution in [0.15, 0.2) is 71.3 Å². The number of amides is 1. The fourth-order valence-electron chi connectivity index (χ4n) is 2.70. The molecule has 0 unspecified atom stereocenters. The molecule has 0 saturated heterocycles. The smallest absolute Gasteiger partial charge is 0.230 e. The Bertz CT molecular complexity index is 984. The van der Waals surface area contributed by atoms with Gasteiger partial charge in [0.05, 0.1) is 40.9 Å². The fraction of sp³-hybridized carbons (Fsp3) is 0.158. The number of hydrogen-bond donors (Lipinski definition) is 1. The molecule has 1 N–H and O–H groups in total. The number of rotatable bonds is 7. The summed E-state index contributed by atoms with van der Waals surface area (Å²) in [6, 6.07) is 17.7. The number of benzene rings is 2. The highest BCUT2D eigenvalue weighted by atomic mass is 32.2. The molecule has 0 saturated carbocycles. The van der Waals surface area contributed by atoms with E-state index in [1.807, 2.05) is 54.6 Å². The van der Waals surface area contributed by atoms with E-state index in [9.17, 15) is 4.79 Å². The second-order valence-corrected chi connectivity index (χ2v) is 8.10. The lowest BCUT2D eigenvalue weighted by molar-refractivity contribution is -0.119. The number of thiazole rings is 1. The van der Waals surface area contributed by atoms with Crippen molar-refractivity contribution < 1.29 is 4.79 Å². The Morgan fingerprint density at radius 2 is 1.81 bits per heavy atom. The minimum Gasteiger partial charge on any atom is -0.347 e. The van der Waals surface area contributed by atoms with Gasteiger partial charge in [-0.1, -0.05) is 54.2 Å². The summed E-state index contributed by atoms with van der Waals surface area (Å²) >= 11 is 3.06. The van der Waals surface area contributed by atoms with Gasteiger partial charge in [0.1, 0.15) is 0 Å². The number of para-hydroxylation sites is 1. The van der Waals surface area contributed by atoms with Crippen LogP contribution in [-0.4, -0.2) is 31.6 Å². The number of carbonyl (C=O) groups is 1. The third-order valence-corrected chi connectivity index (χ3v) is 6.13. The second kappa shape index (κ2) is 8.32. The number of fused-ring (bicyclic) bond motifs is 1. The van der Waals surface area contributed by atoms with Crippen molar-refractivity contribution in [2.45, 2.75) is 16.9 Å². The Morgan fingerprint density at radius 3 is 2.59 bits per heavy atom. The van der Waals surface area contributed by atoms with Gasteiger partial charge in [-0.15, -0.1) is 11.3 Å². The summed E-state index contributed by atoms with van der Waals surface area (Å²) in [4.78, 5) is 18.7. The normalized spacial score (nSPS) is 12.1. The maximum atomic E-state index is 12.5. The van der Waals surface area contributed by atoms with E-state index < -0.39 is 0 Å². The van der Waals surface area contributed by atoms with E-state index in [0.29, 0.717) is 12.3 Å². The molecule has 0 aliphatic rings. The lowest BCUT2D eigenvalue weighted by atomic mass is 10.1.